The number of nitrogens with zero attached hydrogens (tertiary/aromatic N) is 4. The second-order valence-electron chi connectivity index (χ2n) is 7.31. The number of aromatic nitrogens is 2. The lowest BCUT2D eigenvalue weighted by Gasteiger charge is -2.33. The van der Waals surface area contributed by atoms with E-state index in [1.807, 2.05) is 6.07 Å². The van der Waals surface area contributed by atoms with Gasteiger partial charge in [0.15, 0.2) is 5.96 Å². The molecule has 31 heavy (non-hydrogen) atoms. The Hall–Kier alpha value is -2.14. The number of guanidine groups is 1. The Morgan fingerprint density at radius 2 is 2.13 bits per heavy atom. The van der Waals surface area contributed by atoms with E-state index >= 15 is 0 Å². The van der Waals surface area contributed by atoms with Gasteiger partial charge in [0.1, 0.15) is 5.82 Å². The smallest absolute Gasteiger partial charge is 0.191 e. The largest absolute Gasteiger partial charge is 0.363 e. The van der Waals surface area contributed by atoms with Crippen LogP contribution in [0.4, 0.5) is 9.39 Å². The molecule has 3 heterocycles. The fourth-order valence-electron chi connectivity index (χ4n) is 3.64. The normalized spacial score (nSPS) is 14.9. The topological polar surface area (TPSA) is 57.5 Å². The molecule has 0 amide bonds. The fourth-order valence-corrected chi connectivity index (χ4v) is 4.42. The van der Waals surface area contributed by atoms with E-state index in [0.717, 1.165) is 44.0 Å². The van der Waals surface area contributed by atoms with Gasteiger partial charge >= 0.3 is 0 Å². The van der Waals surface area contributed by atoms with E-state index < -0.39 is 0 Å². The summed E-state index contributed by atoms with van der Waals surface area (Å²) in [7, 11) is 0. The van der Waals surface area contributed by atoms with Crippen LogP contribution >= 0.6 is 35.3 Å². The van der Waals surface area contributed by atoms with Crippen LogP contribution in [0.1, 0.15) is 25.3 Å². The molecular weight excluding hydrogens is 526 g/mol. The number of thiophene rings is 1. The van der Waals surface area contributed by atoms with Crippen LogP contribution in [0.2, 0.25) is 0 Å². The van der Waals surface area contributed by atoms with Crippen molar-refractivity contribution in [1.82, 2.24) is 20.2 Å². The van der Waals surface area contributed by atoms with Crippen LogP contribution in [0.25, 0.3) is 5.69 Å². The van der Waals surface area contributed by atoms with Crippen molar-refractivity contribution in [3.63, 3.8) is 0 Å². The van der Waals surface area contributed by atoms with Crippen LogP contribution in [-0.2, 0) is 6.54 Å². The van der Waals surface area contributed by atoms with E-state index in [0.29, 0.717) is 18.3 Å². The Bertz CT molecular complexity index is 953. The number of aliphatic imine (C=N–C) groups is 1. The van der Waals surface area contributed by atoms with E-state index in [9.17, 15) is 4.39 Å². The number of halogens is 2. The third-order valence-electron chi connectivity index (χ3n) is 5.21. The predicted octanol–water partition coefficient (Wildman–Crippen LogP) is 4.42. The number of hydrogen-bond acceptors (Lipinski definition) is 4. The average molecular weight is 554 g/mol. The van der Waals surface area contributed by atoms with Crippen LogP contribution in [0, 0.1) is 5.82 Å². The molecule has 1 fully saturated rings. The minimum atomic E-state index is -0.278. The summed E-state index contributed by atoms with van der Waals surface area (Å²) in [5, 5.41) is 10.3. The Morgan fingerprint density at radius 1 is 1.29 bits per heavy atom. The lowest BCUT2D eigenvalue weighted by Crippen LogP contribution is -2.48. The SMILES string of the molecule is CCNC(=NCc1ccc(-n2ccnc2)c(F)c1)NC1CCN(c2cccs2)CC1.I. The first-order chi connectivity index (χ1) is 14.7. The molecule has 1 saturated heterocycles. The molecule has 0 spiro atoms. The number of anilines is 1. The molecule has 0 radical (unpaired) electrons. The van der Waals surface area contributed by atoms with Crippen molar-refractivity contribution in [2.75, 3.05) is 24.5 Å². The van der Waals surface area contributed by atoms with Crippen molar-refractivity contribution in [2.24, 2.45) is 4.99 Å². The molecule has 9 heteroatoms. The summed E-state index contributed by atoms with van der Waals surface area (Å²) >= 11 is 1.79. The van der Waals surface area contributed by atoms with Gasteiger partial charge in [-0.05, 0) is 55.0 Å². The molecule has 1 aliphatic rings. The van der Waals surface area contributed by atoms with Gasteiger partial charge < -0.3 is 20.1 Å². The molecule has 1 aromatic carbocycles. The van der Waals surface area contributed by atoms with Gasteiger partial charge in [-0.2, -0.15) is 0 Å². The predicted molar refractivity (Wildman–Crippen MR) is 136 cm³/mol. The second-order valence-corrected chi connectivity index (χ2v) is 8.23. The van der Waals surface area contributed by atoms with Crippen LogP contribution < -0.4 is 15.5 Å². The molecule has 0 saturated carbocycles. The maximum Gasteiger partial charge on any atom is 0.191 e. The first kappa shape index (κ1) is 23.5. The van der Waals surface area contributed by atoms with E-state index in [-0.39, 0.29) is 29.8 Å². The van der Waals surface area contributed by atoms with Crippen LogP contribution in [0.5, 0.6) is 0 Å². The Balaban J connectivity index is 0.00000272. The van der Waals surface area contributed by atoms with Crippen LogP contribution in [0.3, 0.4) is 0 Å². The molecule has 2 aromatic heterocycles. The average Bonchev–Trinajstić information content (AvgIpc) is 3.47. The molecule has 0 aliphatic carbocycles. The maximum atomic E-state index is 14.5. The number of benzene rings is 1. The van der Waals surface area contributed by atoms with Gasteiger partial charge in [0.05, 0.1) is 23.6 Å². The van der Waals surface area contributed by atoms with Gasteiger partial charge in [0.2, 0.25) is 0 Å². The molecule has 0 atom stereocenters. The first-order valence-corrected chi connectivity index (χ1v) is 11.2. The number of nitrogens with one attached hydrogen (secondary N) is 2. The van der Waals surface area contributed by atoms with E-state index in [4.69, 9.17) is 0 Å². The summed E-state index contributed by atoms with van der Waals surface area (Å²) in [6, 6.07) is 9.89. The van der Waals surface area contributed by atoms with Crippen LogP contribution in [0.15, 0.2) is 59.4 Å². The van der Waals surface area contributed by atoms with Gasteiger partial charge in [0.25, 0.3) is 0 Å². The molecule has 166 valence electrons. The first-order valence-electron chi connectivity index (χ1n) is 10.3. The summed E-state index contributed by atoms with van der Waals surface area (Å²) in [4.78, 5) is 11.1. The highest BCUT2D eigenvalue weighted by Crippen LogP contribution is 2.24. The molecule has 0 bridgehead atoms. The highest BCUT2D eigenvalue weighted by atomic mass is 127. The molecule has 6 nitrogen and oxygen atoms in total. The molecule has 2 N–H and O–H groups in total. The maximum absolute atomic E-state index is 14.5. The van der Waals surface area contributed by atoms with E-state index in [1.165, 1.54) is 5.00 Å². The monoisotopic (exact) mass is 554 g/mol. The van der Waals surface area contributed by atoms with E-state index in [1.54, 1.807) is 46.8 Å². The summed E-state index contributed by atoms with van der Waals surface area (Å²) in [5.41, 5.74) is 1.32. The molecule has 1 aliphatic heterocycles. The number of hydrogen-bond donors (Lipinski definition) is 2. The minimum Gasteiger partial charge on any atom is -0.363 e. The summed E-state index contributed by atoms with van der Waals surface area (Å²) in [6.45, 7) is 5.34. The summed E-state index contributed by atoms with van der Waals surface area (Å²) < 4.78 is 16.1. The van der Waals surface area contributed by atoms with Crippen molar-refractivity contribution in [2.45, 2.75) is 32.4 Å². The number of rotatable bonds is 6. The lowest BCUT2D eigenvalue weighted by atomic mass is 10.1. The Morgan fingerprint density at radius 3 is 2.77 bits per heavy atom. The zero-order chi connectivity index (χ0) is 20.8. The van der Waals surface area contributed by atoms with Gasteiger partial charge in [-0.1, -0.05) is 6.07 Å². The third-order valence-corrected chi connectivity index (χ3v) is 6.14. The summed E-state index contributed by atoms with van der Waals surface area (Å²) in [5.74, 6) is 0.505. The fraction of sp³-hybridized carbons (Fsp3) is 0.364. The van der Waals surface area contributed by atoms with Gasteiger partial charge in [0, 0.05) is 38.1 Å². The number of piperidine rings is 1. The van der Waals surface area contributed by atoms with Crippen LogP contribution in [-0.4, -0.2) is 41.2 Å². The second kappa shape index (κ2) is 11.5. The summed E-state index contributed by atoms with van der Waals surface area (Å²) in [6.07, 6.45) is 7.09. The number of imidazole rings is 1. The highest BCUT2D eigenvalue weighted by Gasteiger charge is 2.20. The van der Waals surface area contributed by atoms with Crippen molar-refractivity contribution in [1.29, 1.82) is 0 Å². The van der Waals surface area contributed by atoms with Crippen molar-refractivity contribution < 1.29 is 4.39 Å². The third kappa shape index (κ3) is 6.19. The Kier molecular flexibility index (Phi) is 8.70. The van der Waals surface area contributed by atoms with Crippen molar-refractivity contribution >= 4 is 46.3 Å². The van der Waals surface area contributed by atoms with Gasteiger partial charge in [-0.15, -0.1) is 35.3 Å². The zero-order valence-corrected chi connectivity index (χ0v) is 20.6. The van der Waals surface area contributed by atoms with Gasteiger partial charge in [-0.25, -0.2) is 14.4 Å². The van der Waals surface area contributed by atoms with Gasteiger partial charge in [-0.3, -0.25) is 0 Å². The molecular formula is C22H28FIN6S. The van der Waals surface area contributed by atoms with Crippen molar-refractivity contribution in [3.05, 3.63) is 65.8 Å². The molecule has 3 aromatic rings. The highest BCUT2D eigenvalue weighted by molar-refractivity contribution is 14.0. The molecule has 4 rings (SSSR count). The standard InChI is InChI=1S/C22H27FN6S.HI/c1-2-25-22(27-18-7-10-28(11-8-18)21-4-3-13-30-21)26-15-17-5-6-20(19(23)14-17)29-12-9-24-16-29;/h3-6,9,12-14,16,18H,2,7-8,10-11,15H2,1H3,(H2,25,26,27);1H. The quantitative estimate of drug-likeness (QED) is 0.269. The minimum absolute atomic E-state index is 0. The Labute approximate surface area is 203 Å². The van der Waals surface area contributed by atoms with E-state index in [2.05, 4.69) is 49.9 Å². The molecule has 0 unspecified atom stereocenters. The lowest BCUT2D eigenvalue weighted by molar-refractivity contribution is 0.463. The zero-order valence-electron chi connectivity index (χ0n) is 17.5. The van der Waals surface area contributed by atoms with Crippen molar-refractivity contribution in [3.8, 4) is 5.69 Å².